The molecule has 2 fully saturated rings. The molecule has 1 spiro atoms. The summed E-state index contributed by atoms with van der Waals surface area (Å²) in [6, 6.07) is 0. The molecule has 3 rings (SSSR count). The minimum Gasteiger partial charge on any atom is -0.448 e. The van der Waals surface area contributed by atoms with Crippen molar-refractivity contribution in [1.82, 2.24) is 9.88 Å². The van der Waals surface area contributed by atoms with Crippen molar-refractivity contribution >= 4 is 6.09 Å². The van der Waals surface area contributed by atoms with Crippen molar-refractivity contribution in [3.05, 3.63) is 17.8 Å². The highest BCUT2D eigenvalue weighted by atomic mass is 16.6. The Kier molecular flexibility index (Phi) is 4.41. The minimum absolute atomic E-state index is 0.0190. The summed E-state index contributed by atoms with van der Waals surface area (Å²) in [5.41, 5.74) is 1.05. The summed E-state index contributed by atoms with van der Waals surface area (Å²) in [6.45, 7) is 13.9. The first-order valence-corrected chi connectivity index (χ1v) is 9.41. The van der Waals surface area contributed by atoms with Crippen LogP contribution in [0.2, 0.25) is 0 Å². The highest BCUT2D eigenvalue weighted by Crippen LogP contribution is 2.57. The molecular formula is C20H32N2O3. The van der Waals surface area contributed by atoms with Crippen LogP contribution in [0.4, 0.5) is 4.79 Å². The van der Waals surface area contributed by atoms with Crippen LogP contribution in [-0.2, 0) is 10.2 Å². The highest BCUT2D eigenvalue weighted by Gasteiger charge is 2.49. The molecule has 0 unspecified atom stereocenters. The van der Waals surface area contributed by atoms with Gasteiger partial charge >= 0.3 is 6.09 Å². The number of carbonyl (C=O) groups is 1. The number of hydrogen-bond acceptors (Lipinski definition) is 4. The van der Waals surface area contributed by atoms with Crippen LogP contribution in [0.1, 0.15) is 84.6 Å². The van der Waals surface area contributed by atoms with Gasteiger partial charge in [-0.2, -0.15) is 0 Å². The Morgan fingerprint density at radius 2 is 1.80 bits per heavy atom. The average Bonchev–Trinajstić information content (AvgIpc) is 2.92. The summed E-state index contributed by atoms with van der Waals surface area (Å²) < 4.78 is 11.2. The Labute approximate surface area is 151 Å². The van der Waals surface area contributed by atoms with E-state index >= 15 is 0 Å². The molecule has 1 amide bonds. The van der Waals surface area contributed by atoms with Crippen molar-refractivity contribution in [2.24, 2.45) is 5.41 Å². The van der Waals surface area contributed by atoms with Gasteiger partial charge < -0.3 is 14.1 Å². The number of aromatic nitrogens is 1. The van der Waals surface area contributed by atoms with Gasteiger partial charge in [0.05, 0.1) is 5.69 Å². The van der Waals surface area contributed by atoms with E-state index in [1.54, 1.807) is 6.39 Å². The van der Waals surface area contributed by atoms with Gasteiger partial charge in [-0.15, -0.1) is 0 Å². The summed E-state index contributed by atoms with van der Waals surface area (Å²) >= 11 is 0. The molecule has 0 aromatic carbocycles. The van der Waals surface area contributed by atoms with Crippen LogP contribution in [0.5, 0.6) is 0 Å². The van der Waals surface area contributed by atoms with Crippen LogP contribution in [-0.4, -0.2) is 34.7 Å². The standard InChI is InChI=1S/C20H32N2O3/c1-18(2,3)16-15(24-13-21-16)14-11-20(12-14)7-9-22(10-8-20)17(23)25-19(4,5)6/h13-14H,7-12H2,1-6H3. The molecule has 2 aliphatic rings. The number of likely N-dealkylation sites (tertiary alicyclic amines) is 1. The third-order valence-electron chi connectivity index (χ3n) is 5.51. The zero-order valence-electron chi connectivity index (χ0n) is 16.5. The molecule has 0 bridgehead atoms. The van der Waals surface area contributed by atoms with Crippen LogP contribution in [0, 0.1) is 5.41 Å². The quantitative estimate of drug-likeness (QED) is 0.727. The fourth-order valence-corrected chi connectivity index (χ4v) is 4.18. The Balaban J connectivity index is 1.56. The first kappa shape index (κ1) is 18.3. The Morgan fingerprint density at radius 3 is 2.32 bits per heavy atom. The monoisotopic (exact) mass is 348 g/mol. The number of amides is 1. The predicted molar refractivity (Wildman–Crippen MR) is 96.7 cm³/mol. The van der Waals surface area contributed by atoms with Crippen LogP contribution in [0.3, 0.4) is 0 Å². The van der Waals surface area contributed by atoms with Crippen molar-refractivity contribution in [2.45, 2.75) is 84.2 Å². The molecule has 25 heavy (non-hydrogen) atoms. The van der Waals surface area contributed by atoms with Gasteiger partial charge in [-0.3, -0.25) is 0 Å². The van der Waals surface area contributed by atoms with Crippen LogP contribution in [0.15, 0.2) is 10.8 Å². The van der Waals surface area contributed by atoms with Crippen molar-refractivity contribution < 1.29 is 13.9 Å². The van der Waals surface area contributed by atoms with E-state index in [0.29, 0.717) is 11.3 Å². The van der Waals surface area contributed by atoms with Gasteiger partial charge in [0.15, 0.2) is 6.39 Å². The largest absolute Gasteiger partial charge is 0.448 e. The molecule has 0 radical (unpaired) electrons. The van der Waals surface area contributed by atoms with E-state index in [2.05, 4.69) is 25.8 Å². The third kappa shape index (κ3) is 3.85. The molecule has 1 aromatic rings. The SMILES string of the molecule is CC(C)(C)OC(=O)N1CCC2(CC1)CC(c1ocnc1C(C)(C)C)C2. The molecule has 1 aliphatic carbocycles. The van der Waals surface area contributed by atoms with E-state index in [4.69, 9.17) is 9.15 Å². The Bertz CT molecular complexity index is 620. The highest BCUT2D eigenvalue weighted by molar-refractivity contribution is 5.68. The second-order valence-electron chi connectivity index (χ2n) is 9.89. The average molecular weight is 348 g/mol. The smallest absolute Gasteiger partial charge is 0.410 e. The molecule has 2 heterocycles. The van der Waals surface area contributed by atoms with Gasteiger partial charge in [0.25, 0.3) is 0 Å². The summed E-state index contributed by atoms with van der Waals surface area (Å²) in [6.07, 6.45) is 5.82. The maximum Gasteiger partial charge on any atom is 0.410 e. The second-order valence-corrected chi connectivity index (χ2v) is 9.89. The lowest BCUT2D eigenvalue weighted by atomic mass is 9.56. The van der Waals surface area contributed by atoms with Gasteiger partial charge in [-0.25, -0.2) is 9.78 Å². The summed E-state index contributed by atoms with van der Waals surface area (Å²) in [4.78, 5) is 18.5. The minimum atomic E-state index is -0.427. The number of carbonyl (C=O) groups excluding carboxylic acids is 1. The number of oxazole rings is 1. The summed E-state index contributed by atoms with van der Waals surface area (Å²) in [5, 5.41) is 0. The van der Waals surface area contributed by atoms with Gasteiger partial charge in [-0.05, 0) is 51.9 Å². The lowest BCUT2D eigenvalue weighted by Crippen LogP contribution is -2.49. The topological polar surface area (TPSA) is 55.6 Å². The van der Waals surface area contributed by atoms with E-state index in [0.717, 1.165) is 50.2 Å². The zero-order valence-corrected chi connectivity index (χ0v) is 16.5. The number of nitrogens with zero attached hydrogens (tertiary/aromatic N) is 2. The molecule has 5 nitrogen and oxygen atoms in total. The molecule has 0 atom stereocenters. The number of rotatable bonds is 1. The number of ether oxygens (including phenoxy) is 1. The first-order chi connectivity index (χ1) is 11.5. The lowest BCUT2D eigenvalue weighted by molar-refractivity contribution is -0.0150. The molecule has 1 saturated heterocycles. The maximum absolute atomic E-state index is 12.2. The van der Waals surface area contributed by atoms with Gasteiger partial charge in [0, 0.05) is 24.4 Å². The molecule has 140 valence electrons. The van der Waals surface area contributed by atoms with E-state index in [9.17, 15) is 4.79 Å². The Hall–Kier alpha value is -1.52. The fourth-order valence-electron chi connectivity index (χ4n) is 4.18. The van der Waals surface area contributed by atoms with Crippen LogP contribution < -0.4 is 0 Å². The summed E-state index contributed by atoms with van der Waals surface area (Å²) in [7, 11) is 0. The van der Waals surface area contributed by atoms with Crippen molar-refractivity contribution in [3.8, 4) is 0 Å². The predicted octanol–water partition coefficient (Wildman–Crippen LogP) is 4.87. The molecule has 1 saturated carbocycles. The van der Waals surface area contributed by atoms with Crippen LogP contribution >= 0.6 is 0 Å². The van der Waals surface area contributed by atoms with Gasteiger partial charge in [0.1, 0.15) is 11.4 Å². The fraction of sp³-hybridized carbons (Fsp3) is 0.800. The third-order valence-corrected chi connectivity index (χ3v) is 5.51. The van der Waals surface area contributed by atoms with E-state index in [-0.39, 0.29) is 11.5 Å². The summed E-state index contributed by atoms with van der Waals surface area (Å²) in [5.74, 6) is 1.55. The van der Waals surface area contributed by atoms with Gasteiger partial charge in [0.2, 0.25) is 0 Å². The van der Waals surface area contributed by atoms with E-state index < -0.39 is 5.60 Å². The van der Waals surface area contributed by atoms with E-state index in [1.807, 2.05) is 25.7 Å². The zero-order chi connectivity index (χ0) is 18.5. The molecular weight excluding hydrogens is 316 g/mol. The van der Waals surface area contributed by atoms with Crippen molar-refractivity contribution in [2.75, 3.05) is 13.1 Å². The van der Waals surface area contributed by atoms with Crippen molar-refractivity contribution in [3.63, 3.8) is 0 Å². The first-order valence-electron chi connectivity index (χ1n) is 9.41. The Morgan fingerprint density at radius 1 is 1.20 bits per heavy atom. The normalized spacial score (nSPS) is 21.3. The van der Waals surface area contributed by atoms with E-state index in [1.165, 1.54) is 0 Å². The number of hydrogen-bond donors (Lipinski definition) is 0. The molecule has 1 aliphatic heterocycles. The van der Waals surface area contributed by atoms with Gasteiger partial charge in [-0.1, -0.05) is 20.8 Å². The van der Waals surface area contributed by atoms with Crippen LogP contribution in [0.25, 0.3) is 0 Å². The second kappa shape index (κ2) is 6.03. The lowest BCUT2D eigenvalue weighted by Gasteiger charge is -2.51. The number of piperidine rings is 1. The molecule has 5 heteroatoms. The van der Waals surface area contributed by atoms with Crippen molar-refractivity contribution in [1.29, 1.82) is 0 Å². The molecule has 1 aromatic heterocycles. The maximum atomic E-state index is 12.2. The molecule has 0 N–H and O–H groups in total.